The third-order valence-electron chi connectivity index (χ3n) is 3.05. The summed E-state index contributed by atoms with van der Waals surface area (Å²) in [6.07, 6.45) is 0. The van der Waals surface area contributed by atoms with Crippen molar-refractivity contribution in [2.75, 3.05) is 23.5 Å². The summed E-state index contributed by atoms with van der Waals surface area (Å²) in [4.78, 5) is 16.3. The highest BCUT2D eigenvalue weighted by atomic mass is 32.2. The molecule has 1 unspecified atom stereocenters. The van der Waals surface area contributed by atoms with Crippen LogP contribution in [0.2, 0.25) is 0 Å². The smallest absolute Gasteiger partial charge is 0.270 e. The Labute approximate surface area is 125 Å². The van der Waals surface area contributed by atoms with Crippen molar-refractivity contribution in [1.29, 1.82) is 0 Å². The molecule has 0 aliphatic rings. The van der Waals surface area contributed by atoms with Crippen LogP contribution >= 0.6 is 0 Å². The summed E-state index contributed by atoms with van der Waals surface area (Å²) < 4.78 is 11.3. The van der Waals surface area contributed by atoms with Crippen LogP contribution in [0.3, 0.4) is 0 Å². The van der Waals surface area contributed by atoms with E-state index in [0.29, 0.717) is 23.9 Å². The lowest BCUT2D eigenvalue weighted by Crippen LogP contribution is -2.29. The van der Waals surface area contributed by atoms with Gasteiger partial charge in [-0.15, -0.1) is 0 Å². The molecule has 1 heterocycles. The van der Waals surface area contributed by atoms with Crippen molar-refractivity contribution in [3.8, 4) is 0 Å². The van der Waals surface area contributed by atoms with Crippen molar-refractivity contribution in [3.63, 3.8) is 0 Å². The molecule has 7 heteroatoms. The summed E-state index contributed by atoms with van der Waals surface area (Å²) in [5.41, 5.74) is 2.79. The molecule has 0 fully saturated rings. The van der Waals surface area contributed by atoms with Gasteiger partial charge < -0.3 is 10.7 Å². The Morgan fingerprint density at radius 2 is 2.14 bits per heavy atom. The molecule has 112 valence electrons. The Bertz CT molecular complexity index is 675. The fraction of sp³-hybridized carbons (Fsp3) is 0.286. The summed E-state index contributed by atoms with van der Waals surface area (Å²) >= 11 is 0. The lowest BCUT2D eigenvalue weighted by Gasteiger charge is -2.09. The van der Waals surface area contributed by atoms with Gasteiger partial charge in [0.2, 0.25) is 0 Å². The van der Waals surface area contributed by atoms with E-state index in [9.17, 15) is 9.00 Å². The molecule has 1 aromatic carbocycles. The zero-order valence-corrected chi connectivity index (χ0v) is 12.6. The van der Waals surface area contributed by atoms with Crippen LogP contribution in [0.4, 0.5) is 5.82 Å². The van der Waals surface area contributed by atoms with E-state index in [0.717, 1.165) is 10.8 Å². The topological polar surface area (TPSA) is 97.1 Å². The predicted molar refractivity (Wildman–Crippen MR) is 85.4 cm³/mol. The number of nitrogens with one attached hydrogen (secondary N) is 2. The van der Waals surface area contributed by atoms with Crippen LogP contribution < -0.4 is 16.6 Å². The van der Waals surface area contributed by atoms with Gasteiger partial charge in [0.25, 0.3) is 5.91 Å². The Kier molecular flexibility index (Phi) is 5.24. The number of carbonyl (C=O) groups excluding carboxylic acids is 1. The first-order valence-electron chi connectivity index (χ1n) is 6.65. The summed E-state index contributed by atoms with van der Waals surface area (Å²) in [7, 11) is -0.896. The number of hydrogen-bond donors (Lipinski definition) is 3. The number of carbonyl (C=O) groups is 1. The normalized spacial score (nSPS) is 12.1. The lowest BCUT2D eigenvalue weighted by atomic mass is 10.1. The first-order chi connectivity index (χ1) is 10.2. The van der Waals surface area contributed by atoms with Gasteiger partial charge in [-0.2, -0.15) is 0 Å². The molecule has 6 nitrogen and oxygen atoms in total. The number of nitrogen functional groups attached to an aromatic ring is 1. The van der Waals surface area contributed by atoms with Crippen LogP contribution in [0, 0.1) is 0 Å². The largest absolute Gasteiger partial charge is 0.350 e. The van der Waals surface area contributed by atoms with Crippen LogP contribution in [0.1, 0.15) is 17.4 Å². The van der Waals surface area contributed by atoms with Gasteiger partial charge in [0.1, 0.15) is 11.5 Å². The molecule has 1 amide bonds. The number of benzene rings is 1. The van der Waals surface area contributed by atoms with Crippen molar-refractivity contribution < 1.29 is 9.00 Å². The molecule has 0 spiro atoms. The molecule has 0 bridgehead atoms. The van der Waals surface area contributed by atoms with E-state index in [-0.39, 0.29) is 11.6 Å². The Morgan fingerprint density at radius 3 is 2.86 bits per heavy atom. The van der Waals surface area contributed by atoms with Crippen molar-refractivity contribution >= 4 is 33.3 Å². The van der Waals surface area contributed by atoms with Crippen molar-refractivity contribution in [1.82, 2.24) is 10.3 Å². The zero-order valence-electron chi connectivity index (χ0n) is 11.8. The SMILES string of the molecule is CCS(=O)CCNC(=O)c1cc2ccccc2c(NN)n1. The standard InChI is InChI=1S/C14H18N4O2S/c1-2-21(20)8-7-16-14(19)12-9-10-5-3-4-6-11(10)13(17-12)18-15/h3-6,9H,2,7-8,15H2,1H3,(H,16,19)(H,17,18). The van der Waals surface area contributed by atoms with Crippen LogP contribution in [-0.2, 0) is 10.8 Å². The van der Waals surface area contributed by atoms with E-state index < -0.39 is 10.8 Å². The van der Waals surface area contributed by atoms with Gasteiger partial charge in [0, 0.05) is 34.2 Å². The van der Waals surface area contributed by atoms with Crippen LogP contribution in [0.25, 0.3) is 10.8 Å². The predicted octanol–water partition coefficient (Wildman–Crippen LogP) is 1.02. The maximum atomic E-state index is 12.1. The van der Waals surface area contributed by atoms with E-state index in [1.807, 2.05) is 31.2 Å². The quantitative estimate of drug-likeness (QED) is 0.547. The van der Waals surface area contributed by atoms with Gasteiger partial charge in [-0.1, -0.05) is 31.2 Å². The first kappa shape index (κ1) is 15.4. The highest BCUT2D eigenvalue weighted by Crippen LogP contribution is 2.21. The third kappa shape index (κ3) is 3.77. The number of aromatic nitrogens is 1. The van der Waals surface area contributed by atoms with Gasteiger partial charge >= 0.3 is 0 Å². The van der Waals surface area contributed by atoms with Crippen LogP contribution in [-0.4, -0.2) is 33.2 Å². The molecule has 21 heavy (non-hydrogen) atoms. The van der Waals surface area contributed by atoms with E-state index >= 15 is 0 Å². The van der Waals surface area contributed by atoms with Gasteiger partial charge in [0.15, 0.2) is 0 Å². The minimum absolute atomic E-state index is 0.281. The number of amides is 1. The number of anilines is 1. The molecule has 0 aliphatic carbocycles. The van der Waals surface area contributed by atoms with Crippen molar-refractivity contribution in [2.24, 2.45) is 5.84 Å². The molecule has 0 radical (unpaired) electrons. The van der Waals surface area contributed by atoms with Gasteiger partial charge in [-0.05, 0) is 11.5 Å². The number of nitrogens with two attached hydrogens (primary N) is 1. The number of rotatable bonds is 6. The summed E-state index contributed by atoms with van der Waals surface area (Å²) in [5.74, 6) is 6.64. The minimum Gasteiger partial charge on any atom is -0.350 e. The monoisotopic (exact) mass is 306 g/mol. The molecule has 0 saturated carbocycles. The molecular formula is C14H18N4O2S. The number of nitrogens with zero attached hydrogens (tertiary/aromatic N) is 1. The summed E-state index contributed by atoms with van der Waals surface area (Å²) in [5, 5.41) is 4.45. The molecule has 4 N–H and O–H groups in total. The molecule has 2 rings (SSSR count). The molecule has 1 aromatic heterocycles. The second-order valence-electron chi connectivity index (χ2n) is 4.41. The molecule has 0 saturated heterocycles. The minimum atomic E-state index is -0.896. The number of fused-ring (bicyclic) bond motifs is 1. The van der Waals surface area contributed by atoms with E-state index in [2.05, 4.69) is 15.7 Å². The Hall–Kier alpha value is -1.99. The molecule has 2 aromatic rings. The second-order valence-corrected chi connectivity index (χ2v) is 6.28. The fourth-order valence-corrected chi connectivity index (χ4v) is 2.56. The lowest BCUT2D eigenvalue weighted by molar-refractivity contribution is 0.0951. The first-order valence-corrected chi connectivity index (χ1v) is 8.14. The molecule has 1 atom stereocenters. The second kappa shape index (κ2) is 7.14. The number of hydrogen-bond acceptors (Lipinski definition) is 5. The zero-order chi connectivity index (χ0) is 15.2. The van der Waals surface area contributed by atoms with Crippen LogP contribution in [0.15, 0.2) is 30.3 Å². The van der Waals surface area contributed by atoms with Crippen molar-refractivity contribution in [2.45, 2.75) is 6.92 Å². The highest BCUT2D eigenvalue weighted by Gasteiger charge is 2.11. The van der Waals surface area contributed by atoms with Gasteiger partial charge in [0.05, 0.1) is 0 Å². The molecular weight excluding hydrogens is 288 g/mol. The average molecular weight is 306 g/mol. The summed E-state index contributed by atoms with van der Waals surface area (Å²) in [6, 6.07) is 9.24. The Morgan fingerprint density at radius 1 is 1.38 bits per heavy atom. The number of hydrazine groups is 1. The fourth-order valence-electron chi connectivity index (χ4n) is 1.94. The van der Waals surface area contributed by atoms with E-state index in [1.54, 1.807) is 6.07 Å². The highest BCUT2D eigenvalue weighted by molar-refractivity contribution is 7.84. The van der Waals surface area contributed by atoms with Crippen molar-refractivity contribution in [3.05, 3.63) is 36.0 Å². The van der Waals surface area contributed by atoms with Gasteiger partial charge in [-0.3, -0.25) is 9.00 Å². The van der Waals surface area contributed by atoms with E-state index in [4.69, 9.17) is 5.84 Å². The summed E-state index contributed by atoms with van der Waals surface area (Å²) in [6.45, 7) is 2.21. The van der Waals surface area contributed by atoms with E-state index in [1.165, 1.54) is 0 Å². The van der Waals surface area contributed by atoms with Crippen LogP contribution in [0.5, 0.6) is 0 Å². The maximum absolute atomic E-state index is 12.1. The van der Waals surface area contributed by atoms with Gasteiger partial charge in [-0.25, -0.2) is 10.8 Å². The third-order valence-corrected chi connectivity index (χ3v) is 4.35. The molecule has 0 aliphatic heterocycles. The Balaban J connectivity index is 2.17. The number of pyridine rings is 1. The maximum Gasteiger partial charge on any atom is 0.270 e. The average Bonchev–Trinajstić information content (AvgIpc) is 2.53.